The van der Waals surface area contributed by atoms with Crippen LogP contribution in [0.15, 0.2) is 96.0 Å². The molecule has 7 nitrogen and oxygen atoms in total. The molecule has 0 saturated heterocycles. The number of nitrogens with zero attached hydrogens (tertiary/aromatic N) is 1. The molecule has 0 fully saturated rings. The monoisotopic (exact) mass is 460 g/mol. The van der Waals surface area contributed by atoms with Crippen LogP contribution in [0.5, 0.6) is 0 Å². The van der Waals surface area contributed by atoms with Crippen molar-refractivity contribution >= 4 is 21.6 Å². The molecule has 0 aliphatic carbocycles. The lowest BCUT2D eigenvalue weighted by atomic mass is 10.1. The number of benzene rings is 3. The number of amides is 1. The predicted octanol–water partition coefficient (Wildman–Crippen LogP) is 4.76. The third-order valence-electron chi connectivity index (χ3n) is 5.18. The Hall–Kier alpha value is -3.91. The number of carbonyl (C=O) groups is 1. The van der Waals surface area contributed by atoms with Crippen molar-refractivity contribution in [1.82, 2.24) is 15.3 Å². The molecule has 0 unspecified atom stereocenters. The van der Waals surface area contributed by atoms with Gasteiger partial charge in [0.25, 0.3) is 15.9 Å². The molecule has 1 aromatic heterocycles. The van der Waals surface area contributed by atoms with Crippen molar-refractivity contribution in [3.63, 3.8) is 0 Å². The Morgan fingerprint density at radius 1 is 0.939 bits per heavy atom. The van der Waals surface area contributed by atoms with E-state index in [-0.39, 0.29) is 16.8 Å². The normalized spacial score (nSPS) is 12.2. The van der Waals surface area contributed by atoms with Gasteiger partial charge >= 0.3 is 0 Å². The summed E-state index contributed by atoms with van der Waals surface area (Å²) in [7, 11) is -3.75. The fourth-order valence-corrected chi connectivity index (χ4v) is 4.45. The lowest BCUT2D eigenvalue weighted by Gasteiger charge is -2.15. The quantitative estimate of drug-likeness (QED) is 0.353. The highest BCUT2D eigenvalue weighted by atomic mass is 32.2. The van der Waals surface area contributed by atoms with E-state index in [0.717, 1.165) is 11.3 Å². The number of hydrogen-bond donors (Lipinski definition) is 3. The number of para-hydroxylation sites is 1. The molecule has 4 aromatic rings. The van der Waals surface area contributed by atoms with Gasteiger partial charge in [0.2, 0.25) is 0 Å². The van der Waals surface area contributed by atoms with Crippen LogP contribution in [0.2, 0.25) is 0 Å². The first-order chi connectivity index (χ1) is 16.0. The van der Waals surface area contributed by atoms with E-state index in [4.69, 9.17) is 0 Å². The van der Waals surface area contributed by atoms with Crippen LogP contribution < -0.4 is 10.0 Å². The number of aromatic nitrogens is 2. The molecule has 3 aromatic carbocycles. The summed E-state index contributed by atoms with van der Waals surface area (Å²) in [6.45, 7) is 1.96. The molecule has 33 heavy (non-hydrogen) atoms. The minimum atomic E-state index is -3.75. The number of imidazole rings is 1. The fourth-order valence-electron chi connectivity index (χ4n) is 3.39. The fraction of sp³-hybridized carbons (Fsp3) is 0.120. The van der Waals surface area contributed by atoms with Crippen LogP contribution in [0, 0.1) is 0 Å². The van der Waals surface area contributed by atoms with Crippen molar-refractivity contribution in [2.45, 2.75) is 24.3 Å². The van der Waals surface area contributed by atoms with E-state index < -0.39 is 10.0 Å². The number of rotatable bonds is 8. The molecular weight excluding hydrogens is 436 g/mol. The molecule has 0 spiro atoms. The van der Waals surface area contributed by atoms with Gasteiger partial charge in [0.1, 0.15) is 5.82 Å². The summed E-state index contributed by atoms with van der Waals surface area (Å²) in [5, 5.41) is 2.96. The molecule has 8 heteroatoms. The van der Waals surface area contributed by atoms with Gasteiger partial charge < -0.3 is 10.3 Å². The molecule has 1 heterocycles. The Morgan fingerprint density at radius 3 is 2.21 bits per heavy atom. The van der Waals surface area contributed by atoms with Gasteiger partial charge in [-0.25, -0.2) is 13.4 Å². The molecule has 0 saturated carbocycles. The van der Waals surface area contributed by atoms with Gasteiger partial charge in [0.05, 0.1) is 22.8 Å². The van der Waals surface area contributed by atoms with Crippen molar-refractivity contribution in [2.75, 3.05) is 4.72 Å². The summed E-state index contributed by atoms with van der Waals surface area (Å²) < 4.78 is 27.7. The third kappa shape index (κ3) is 5.30. The van der Waals surface area contributed by atoms with Crippen LogP contribution in [0.1, 0.15) is 35.6 Å². The van der Waals surface area contributed by atoms with Gasteiger partial charge in [-0.05, 0) is 48.4 Å². The second kappa shape index (κ2) is 9.70. The number of H-pyrrole nitrogens is 1. The maximum atomic E-state index is 12.8. The van der Waals surface area contributed by atoms with E-state index in [2.05, 4.69) is 20.0 Å². The maximum Gasteiger partial charge on any atom is 0.261 e. The summed E-state index contributed by atoms with van der Waals surface area (Å²) in [6, 6.07) is 24.0. The van der Waals surface area contributed by atoms with Crippen LogP contribution in [0.3, 0.4) is 0 Å². The van der Waals surface area contributed by atoms with Crippen LogP contribution in [0.4, 0.5) is 5.69 Å². The Bertz CT molecular complexity index is 1320. The number of nitrogens with one attached hydrogen (secondary N) is 3. The first-order valence-corrected chi connectivity index (χ1v) is 12.0. The second-order valence-electron chi connectivity index (χ2n) is 7.48. The smallest absolute Gasteiger partial charge is 0.261 e. The molecule has 0 aliphatic heterocycles. The molecule has 4 rings (SSSR count). The lowest BCUT2D eigenvalue weighted by molar-refractivity contribution is 0.0933. The van der Waals surface area contributed by atoms with Gasteiger partial charge in [0, 0.05) is 11.3 Å². The van der Waals surface area contributed by atoms with E-state index in [1.54, 1.807) is 36.5 Å². The van der Waals surface area contributed by atoms with Crippen LogP contribution >= 0.6 is 0 Å². The third-order valence-corrected chi connectivity index (χ3v) is 6.57. The highest BCUT2D eigenvalue weighted by Crippen LogP contribution is 2.21. The Labute approximate surface area is 193 Å². The molecule has 3 N–H and O–H groups in total. The molecule has 168 valence electrons. The molecule has 0 radical (unpaired) electrons. The van der Waals surface area contributed by atoms with E-state index in [1.165, 1.54) is 24.3 Å². The zero-order valence-corrected chi connectivity index (χ0v) is 18.8. The van der Waals surface area contributed by atoms with Crippen molar-refractivity contribution in [2.24, 2.45) is 0 Å². The van der Waals surface area contributed by atoms with E-state index in [9.17, 15) is 13.2 Å². The number of hydrogen-bond acceptors (Lipinski definition) is 4. The zero-order valence-electron chi connectivity index (χ0n) is 18.0. The van der Waals surface area contributed by atoms with Crippen molar-refractivity contribution in [3.8, 4) is 11.3 Å². The number of anilines is 1. The number of aromatic amines is 1. The summed E-state index contributed by atoms with van der Waals surface area (Å²) in [5.41, 5.74) is 2.72. The average molecular weight is 461 g/mol. The molecule has 1 atom stereocenters. The highest BCUT2D eigenvalue weighted by molar-refractivity contribution is 7.92. The average Bonchev–Trinajstić information content (AvgIpc) is 3.33. The molecule has 0 bridgehead atoms. The van der Waals surface area contributed by atoms with E-state index in [0.29, 0.717) is 23.5 Å². The van der Waals surface area contributed by atoms with Gasteiger partial charge in [0.15, 0.2) is 0 Å². The Kier molecular flexibility index (Phi) is 6.55. The van der Waals surface area contributed by atoms with Crippen LogP contribution in [-0.2, 0) is 10.0 Å². The summed E-state index contributed by atoms with van der Waals surface area (Å²) in [4.78, 5) is 20.6. The SMILES string of the molecule is CC[C@@H](NC(=O)c1ccc(S(=O)(=O)Nc2ccccc2)cc1)c1ncc(-c2ccccc2)[nH]1. The van der Waals surface area contributed by atoms with E-state index in [1.807, 2.05) is 37.3 Å². The standard InChI is InChI=1S/C25H24N4O3S/c1-2-22(24-26-17-23(27-24)18-9-5-3-6-10-18)28-25(30)19-13-15-21(16-14-19)33(31,32)29-20-11-7-4-8-12-20/h3-17,22,29H,2H2,1H3,(H,26,27)(H,28,30)/t22-/m1/s1. The lowest BCUT2D eigenvalue weighted by Crippen LogP contribution is -2.29. The Morgan fingerprint density at radius 2 is 1.58 bits per heavy atom. The van der Waals surface area contributed by atoms with Crippen molar-refractivity contribution in [3.05, 3.63) is 103 Å². The minimum Gasteiger partial charge on any atom is -0.342 e. The summed E-state index contributed by atoms with van der Waals surface area (Å²) in [6.07, 6.45) is 2.39. The van der Waals surface area contributed by atoms with E-state index >= 15 is 0 Å². The molecule has 1 amide bonds. The van der Waals surface area contributed by atoms with Crippen LogP contribution in [0.25, 0.3) is 11.3 Å². The van der Waals surface area contributed by atoms with Gasteiger partial charge in [-0.2, -0.15) is 0 Å². The van der Waals surface area contributed by atoms with Crippen molar-refractivity contribution < 1.29 is 13.2 Å². The topological polar surface area (TPSA) is 104 Å². The van der Waals surface area contributed by atoms with Gasteiger partial charge in [-0.3, -0.25) is 9.52 Å². The molecule has 0 aliphatic rings. The van der Waals surface area contributed by atoms with Crippen molar-refractivity contribution in [1.29, 1.82) is 0 Å². The second-order valence-corrected chi connectivity index (χ2v) is 9.16. The highest BCUT2D eigenvalue weighted by Gasteiger charge is 2.19. The first kappa shape index (κ1) is 22.3. The molecular formula is C25H24N4O3S. The maximum absolute atomic E-state index is 12.8. The number of sulfonamides is 1. The summed E-state index contributed by atoms with van der Waals surface area (Å²) in [5.74, 6) is 0.357. The van der Waals surface area contributed by atoms with Crippen LogP contribution in [-0.4, -0.2) is 24.3 Å². The zero-order chi connectivity index (χ0) is 23.3. The first-order valence-electron chi connectivity index (χ1n) is 10.6. The minimum absolute atomic E-state index is 0.0773. The number of carbonyl (C=O) groups excluding carboxylic acids is 1. The summed E-state index contributed by atoms with van der Waals surface area (Å²) >= 11 is 0. The van der Waals surface area contributed by atoms with Gasteiger partial charge in [-0.15, -0.1) is 0 Å². The Balaban J connectivity index is 1.45. The van der Waals surface area contributed by atoms with Gasteiger partial charge in [-0.1, -0.05) is 55.5 Å². The predicted molar refractivity (Wildman–Crippen MR) is 128 cm³/mol. The largest absolute Gasteiger partial charge is 0.342 e.